The van der Waals surface area contributed by atoms with Crippen molar-refractivity contribution in [3.05, 3.63) is 12.2 Å². The van der Waals surface area contributed by atoms with E-state index in [-0.39, 0.29) is 19.6 Å². The Morgan fingerprint density at radius 1 is 1.30 bits per heavy atom. The van der Waals surface area contributed by atoms with E-state index >= 15 is 0 Å². The normalized spacial score (nSPS) is 23.3. The van der Waals surface area contributed by atoms with Crippen molar-refractivity contribution >= 4 is 11.9 Å². The van der Waals surface area contributed by atoms with Crippen molar-refractivity contribution in [2.24, 2.45) is 0 Å². The molecule has 1 aliphatic rings. The van der Waals surface area contributed by atoms with Crippen molar-refractivity contribution in [1.29, 1.82) is 0 Å². The molecule has 0 N–H and O–H groups in total. The van der Waals surface area contributed by atoms with E-state index in [0.717, 1.165) is 12.8 Å². The van der Waals surface area contributed by atoms with Crippen molar-refractivity contribution in [2.45, 2.75) is 38.9 Å². The van der Waals surface area contributed by atoms with Gasteiger partial charge in [-0.05, 0) is 19.8 Å². The lowest BCUT2D eigenvalue weighted by Gasteiger charge is -2.31. The van der Waals surface area contributed by atoms with Crippen LogP contribution in [0.2, 0.25) is 0 Å². The van der Waals surface area contributed by atoms with Crippen molar-refractivity contribution in [2.75, 3.05) is 26.4 Å². The summed E-state index contributed by atoms with van der Waals surface area (Å²) in [6.45, 7) is 7.97. The minimum Gasteiger partial charge on any atom is -0.462 e. The minimum absolute atomic E-state index is 0.0298. The van der Waals surface area contributed by atoms with E-state index in [0.29, 0.717) is 18.8 Å². The molecule has 0 aromatic carbocycles. The van der Waals surface area contributed by atoms with Crippen molar-refractivity contribution in [3.63, 3.8) is 0 Å². The maximum absolute atomic E-state index is 11.7. The van der Waals surface area contributed by atoms with Gasteiger partial charge in [-0.15, -0.1) is 0 Å². The molecule has 114 valence electrons. The summed E-state index contributed by atoms with van der Waals surface area (Å²) >= 11 is 0. The molecule has 0 spiro atoms. The third kappa shape index (κ3) is 6.16. The highest BCUT2D eigenvalue weighted by Gasteiger charge is 2.31. The molecule has 0 saturated carbocycles. The molecule has 1 aliphatic heterocycles. The second-order valence-electron chi connectivity index (χ2n) is 4.88. The van der Waals surface area contributed by atoms with E-state index in [4.69, 9.17) is 18.9 Å². The molecule has 0 aliphatic carbocycles. The third-order valence-corrected chi connectivity index (χ3v) is 2.67. The van der Waals surface area contributed by atoms with Gasteiger partial charge in [-0.3, -0.25) is 4.79 Å². The molecule has 1 saturated heterocycles. The molecule has 6 heteroatoms. The van der Waals surface area contributed by atoms with Crippen molar-refractivity contribution in [1.82, 2.24) is 0 Å². The molecule has 1 atom stereocenters. The van der Waals surface area contributed by atoms with Crippen LogP contribution in [0.25, 0.3) is 0 Å². The highest BCUT2D eigenvalue weighted by Crippen LogP contribution is 2.17. The number of hydrogen-bond acceptors (Lipinski definition) is 6. The first-order valence-corrected chi connectivity index (χ1v) is 6.69. The van der Waals surface area contributed by atoms with Gasteiger partial charge >= 0.3 is 11.9 Å². The number of rotatable bonds is 5. The maximum atomic E-state index is 11.7. The molecule has 6 nitrogen and oxygen atoms in total. The van der Waals surface area contributed by atoms with Gasteiger partial charge in [-0.2, -0.15) is 0 Å². The quantitative estimate of drug-likeness (QED) is 0.564. The maximum Gasteiger partial charge on any atom is 0.333 e. The molecular formula is C14H22O6. The van der Waals surface area contributed by atoms with Crippen LogP contribution < -0.4 is 0 Å². The van der Waals surface area contributed by atoms with Gasteiger partial charge in [0.05, 0.1) is 13.0 Å². The zero-order valence-electron chi connectivity index (χ0n) is 12.1. The Kier molecular flexibility index (Phi) is 6.67. The van der Waals surface area contributed by atoms with E-state index in [1.54, 1.807) is 13.8 Å². The van der Waals surface area contributed by atoms with Crippen LogP contribution in [0.5, 0.6) is 0 Å². The Morgan fingerprint density at radius 3 is 2.70 bits per heavy atom. The van der Waals surface area contributed by atoms with Crippen LogP contribution in [0.15, 0.2) is 12.2 Å². The molecular weight excluding hydrogens is 264 g/mol. The summed E-state index contributed by atoms with van der Waals surface area (Å²) in [5.74, 6) is -2.09. The fourth-order valence-electron chi connectivity index (χ4n) is 1.59. The summed E-state index contributed by atoms with van der Waals surface area (Å²) in [4.78, 5) is 22.8. The lowest BCUT2D eigenvalue weighted by Crippen LogP contribution is -2.41. The monoisotopic (exact) mass is 286 g/mol. The first kappa shape index (κ1) is 16.7. The molecule has 1 fully saturated rings. The average Bonchev–Trinajstić information content (AvgIpc) is 2.34. The molecule has 1 rings (SSSR count). The molecule has 1 unspecified atom stereocenters. The van der Waals surface area contributed by atoms with Crippen LogP contribution in [0.1, 0.15) is 33.1 Å². The highest BCUT2D eigenvalue weighted by atomic mass is 16.7. The number of esters is 2. The first-order chi connectivity index (χ1) is 9.43. The van der Waals surface area contributed by atoms with Gasteiger partial charge < -0.3 is 18.9 Å². The topological polar surface area (TPSA) is 71.1 Å². The zero-order chi connectivity index (χ0) is 15.0. The Bertz CT molecular complexity index is 355. The zero-order valence-corrected chi connectivity index (χ0v) is 12.1. The summed E-state index contributed by atoms with van der Waals surface area (Å²) in [6, 6.07) is 0. The van der Waals surface area contributed by atoms with Crippen molar-refractivity contribution in [3.8, 4) is 0 Å². The van der Waals surface area contributed by atoms with Crippen LogP contribution in [0.4, 0.5) is 0 Å². The van der Waals surface area contributed by atoms with Crippen LogP contribution in [0.3, 0.4) is 0 Å². The second kappa shape index (κ2) is 8.01. The molecule has 0 radical (unpaired) electrons. The highest BCUT2D eigenvalue weighted by molar-refractivity contribution is 5.87. The molecule has 0 aromatic rings. The van der Waals surface area contributed by atoms with Gasteiger partial charge in [0.25, 0.3) is 0 Å². The summed E-state index contributed by atoms with van der Waals surface area (Å²) in [7, 11) is 0. The van der Waals surface area contributed by atoms with E-state index < -0.39 is 17.7 Å². The summed E-state index contributed by atoms with van der Waals surface area (Å²) in [6.07, 6.45) is 1.77. The minimum atomic E-state index is -1.07. The lowest BCUT2D eigenvalue weighted by molar-refractivity contribution is -0.248. The molecule has 20 heavy (non-hydrogen) atoms. The average molecular weight is 286 g/mol. The Morgan fingerprint density at radius 2 is 2.00 bits per heavy atom. The Hall–Kier alpha value is -1.40. The standard InChI is InChI=1S/C14H22O6/c1-11(2)13(16)18-9-6-12(15)20-14(3)10-17-7-4-5-8-19-14/h1,4-10H2,2-3H3. The Balaban J connectivity index is 2.32. The Labute approximate surface area is 119 Å². The van der Waals surface area contributed by atoms with Gasteiger partial charge in [-0.1, -0.05) is 6.58 Å². The predicted octanol–water partition coefficient (Wildman–Crippen LogP) is 1.58. The van der Waals surface area contributed by atoms with Gasteiger partial charge in [0.2, 0.25) is 5.79 Å². The van der Waals surface area contributed by atoms with Gasteiger partial charge in [-0.25, -0.2) is 4.79 Å². The number of carbonyl (C=O) groups excluding carboxylic acids is 2. The lowest BCUT2D eigenvalue weighted by atomic mass is 10.3. The molecule has 1 heterocycles. The van der Waals surface area contributed by atoms with Gasteiger partial charge in [0, 0.05) is 19.1 Å². The van der Waals surface area contributed by atoms with E-state index in [1.165, 1.54) is 0 Å². The fourth-order valence-corrected chi connectivity index (χ4v) is 1.59. The summed E-state index contributed by atoms with van der Waals surface area (Å²) in [5, 5.41) is 0. The van der Waals surface area contributed by atoms with Crippen LogP contribution in [-0.4, -0.2) is 44.2 Å². The van der Waals surface area contributed by atoms with E-state index in [2.05, 4.69) is 6.58 Å². The van der Waals surface area contributed by atoms with Gasteiger partial charge in [0.15, 0.2) is 0 Å². The van der Waals surface area contributed by atoms with Gasteiger partial charge in [0.1, 0.15) is 13.2 Å². The predicted molar refractivity (Wildman–Crippen MR) is 70.9 cm³/mol. The fraction of sp³-hybridized carbons (Fsp3) is 0.714. The number of ether oxygens (including phenoxy) is 4. The molecule has 0 bridgehead atoms. The van der Waals surface area contributed by atoms with Crippen LogP contribution >= 0.6 is 0 Å². The van der Waals surface area contributed by atoms with Crippen molar-refractivity contribution < 1.29 is 28.5 Å². The number of hydrogen-bond donors (Lipinski definition) is 0. The first-order valence-electron chi connectivity index (χ1n) is 6.69. The molecule has 0 aromatic heterocycles. The summed E-state index contributed by atoms with van der Waals surface area (Å²) < 4.78 is 21.0. The molecule has 0 amide bonds. The van der Waals surface area contributed by atoms with Crippen LogP contribution in [-0.2, 0) is 28.5 Å². The third-order valence-electron chi connectivity index (χ3n) is 2.67. The van der Waals surface area contributed by atoms with E-state index in [9.17, 15) is 9.59 Å². The van der Waals surface area contributed by atoms with E-state index in [1.807, 2.05) is 0 Å². The summed E-state index contributed by atoms with van der Waals surface area (Å²) in [5.41, 5.74) is 0.294. The largest absolute Gasteiger partial charge is 0.462 e. The second-order valence-corrected chi connectivity index (χ2v) is 4.88. The smallest absolute Gasteiger partial charge is 0.333 e. The SMILES string of the molecule is C=C(C)C(=O)OCCC(=O)OC1(C)COCCCCO1. The van der Waals surface area contributed by atoms with Crippen LogP contribution in [0, 0.1) is 0 Å². The number of carbonyl (C=O) groups is 2.